The van der Waals surface area contributed by atoms with Crippen LogP contribution in [-0.4, -0.2) is 33.0 Å². The van der Waals surface area contributed by atoms with Crippen LogP contribution in [-0.2, 0) is 17.8 Å². The number of nitrogens with zero attached hydrogens (tertiary/aromatic N) is 3. The van der Waals surface area contributed by atoms with E-state index in [2.05, 4.69) is 32.9 Å². The fourth-order valence-corrected chi connectivity index (χ4v) is 3.00. The lowest BCUT2D eigenvalue weighted by Crippen LogP contribution is -2.25. The zero-order valence-electron chi connectivity index (χ0n) is 10.8. The Labute approximate surface area is 125 Å². The fraction of sp³-hybridized carbons (Fsp3) is 0.308. The summed E-state index contributed by atoms with van der Waals surface area (Å²) in [5.41, 5.74) is 0. The second-order valence-electron chi connectivity index (χ2n) is 3.91. The highest BCUT2D eigenvalue weighted by atomic mass is 32.2. The van der Waals surface area contributed by atoms with Crippen molar-refractivity contribution in [3.63, 3.8) is 0 Å². The first-order chi connectivity index (χ1) is 9.79. The van der Waals surface area contributed by atoms with Crippen molar-refractivity contribution in [2.45, 2.75) is 18.1 Å². The molecule has 0 bridgehead atoms. The van der Waals surface area contributed by atoms with E-state index in [1.54, 1.807) is 17.7 Å². The average Bonchev–Trinajstić information content (AvgIpc) is 3.11. The molecule has 2 aromatic rings. The van der Waals surface area contributed by atoms with Crippen molar-refractivity contribution in [3.8, 4) is 12.3 Å². The van der Waals surface area contributed by atoms with Gasteiger partial charge < -0.3 is 9.88 Å². The maximum absolute atomic E-state index is 11.5. The predicted octanol–water partition coefficient (Wildman–Crippen LogP) is 1.42. The number of carbonyl (C=O) groups excluding carboxylic acids is 1. The Morgan fingerprint density at radius 1 is 1.60 bits per heavy atom. The minimum Gasteiger partial charge on any atom is -0.344 e. The monoisotopic (exact) mass is 306 g/mol. The third-order valence-corrected chi connectivity index (χ3v) is 4.40. The van der Waals surface area contributed by atoms with Crippen LogP contribution in [0.2, 0.25) is 0 Å². The van der Waals surface area contributed by atoms with E-state index in [0.29, 0.717) is 5.75 Å². The smallest absolute Gasteiger partial charge is 0.231 e. The molecule has 0 fully saturated rings. The number of aromatic nitrogens is 3. The minimum absolute atomic E-state index is 0.0965. The van der Waals surface area contributed by atoms with Crippen LogP contribution >= 0.6 is 23.1 Å². The molecular formula is C13H14N4OS2. The molecule has 0 saturated carbocycles. The normalized spacial score (nSPS) is 10.2. The van der Waals surface area contributed by atoms with E-state index in [0.717, 1.165) is 18.1 Å². The van der Waals surface area contributed by atoms with Crippen molar-refractivity contribution >= 4 is 29.0 Å². The molecule has 0 radical (unpaired) electrons. The molecule has 0 unspecified atom stereocenters. The first-order valence-electron chi connectivity index (χ1n) is 6.02. The summed E-state index contributed by atoms with van der Waals surface area (Å²) in [5, 5.41) is 13.3. The van der Waals surface area contributed by atoms with Crippen molar-refractivity contribution < 1.29 is 4.79 Å². The van der Waals surface area contributed by atoms with Gasteiger partial charge in [-0.3, -0.25) is 4.79 Å². The molecule has 5 nitrogen and oxygen atoms in total. The molecule has 2 heterocycles. The number of thioether (sulfide) groups is 1. The van der Waals surface area contributed by atoms with Gasteiger partial charge in [-0.2, -0.15) is 0 Å². The van der Waals surface area contributed by atoms with Gasteiger partial charge in [-0.05, 0) is 17.9 Å². The number of hydrogen-bond donors (Lipinski definition) is 1. The minimum atomic E-state index is -0.0965. The predicted molar refractivity (Wildman–Crippen MR) is 80.6 cm³/mol. The summed E-state index contributed by atoms with van der Waals surface area (Å²) in [6.07, 6.45) is 7.71. The summed E-state index contributed by atoms with van der Waals surface area (Å²) < 4.78 is 1.96. The van der Waals surface area contributed by atoms with Crippen molar-refractivity contribution in [1.29, 1.82) is 0 Å². The van der Waals surface area contributed by atoms with Gasteiger partial charge in [0, 0.05) is 11.4 Å². The van der Waals surface area contributed by atoms with Crippen LogP contribution in [0.15, 0.2) is 29.0 Å². The second-order valence-corrected chi connectivity index (χ2v) is 5.88. The summed E-state index contributed by atoms with van der Waals surface area (Å²) >= 11 is 3.10. The van der Waals surface area contributed by atoms with Gasteiger partial charge in [0.1, 0.15) is 6.33 Å². The quantitative estimate of drug-likeness (QED) is 0.621. The summed E-state index contributed by atoms with van der Waals surface area (Å²) in [6.45, 7) is 1.06. The Morgan fingerprint density at radius 2 is 2.50 bits per heavy atom. The number of carbonyl (C=O) groups is 1. The molecule has 7 heteroatoms. The highest BCUT2D eigenvalue weighted by Crippen LogP contribution is 2.16. The maximum Gasteiger partial charge on any atom is 0.231 e. The lowest BCUT2D eigenvalue weighted by molar-refractivity contribution is -0.118. The highest BCUT2D eigenvalue weighted by molar-refractivity contribution is 7.99. The van der Waals surface area contributed by atoms with E-state index in [-0.39, 0.29) is 12.5 Å². The lowest BCUT2D eigenvalue weighted by Gasteiger charge is -2.05. The molecule has 0 aliphatic heterocycles. The number of amides is 1. The fourth-order valence-electron chi connectivity index (χ4n) is 1.53. The number of nitrogens with one attached hydrogen (secondary N) is 1. The molecule has 0 aliphatic carbocycles. The van der Waals surface area contributed by atoms with Gasteiger partial charge in [0.2, 0.25) is 5.91 Å². The first kappa shape index (κ1) is 14.6. The molecule has 2 aromatic heterocycles. The van der Waals surface area contributed by atoms with Crippen molar-refractivity contribution in [2.24, 2.45) is 0 Å². The Hall–Kier alpha value is -1.78. The molecular weight excluding hydrogens is 292 g/mol. The Bertz CT molecular complexity index is 586. The third kappa shape index (κ3) is 4.40. The molecule has 1 N–H and O–H groups in total. The van der Waals surface area contributed by atoms with Gasteiger partial charge in [0.15, 0.2) is 5.16 Å². The molecule has 20 heavy (non-hydrogen) atoms. The van der Waals surface area contributed by atoms with E-state index >= 15 is 0 Å². The standard InChI is InChI=1S/C13H14N4OS2/c1-2-6-14-12(18)9-20-13-16-15-10-17(13)7-5-11-4-3-8-19-11/h1,3-4,8,10H,5-7,9H2,(H,14,18). The van der Waals surface area contributed by atoms with Crippen LogP contribution in [0.4, 0.5) is 0 Å². The largest absolute Gasteiger partial charge is 0.344 e. The second kappa shape index (κ2) is 7.72. The Balaban J connectivity index is 1.82. The van der Waals surface area contributed by atoms with Crippen LogP contribution in [0.3, 0.4) is 0 Å². The molecule has 0 aliphatic rings. The van der Waals surface area contributed by atoms with Crippen molar-refractivity contribution in [1.82, 2.24) is 20.1 Å². The summed E-state index contributed by atoms with van der Waals surface area (Å²) in [5.74, 6) is 2.56. The van der Waals surface area contributed by atoms with Gasteiger partial charge in [0.25, 0.3) is 0 Å². The van der Waals surface area contributed by atoms with Crippen LogP contribution in [0.1, 0.15) is 4.88 Å². The highest BCUT2D eigenvalue weighted by Gasteiger charge is 2.08. The topological polar surface area (TPSA) is 59.8 Å². The van der Waals surface area contributed by atoms with Gasteiger partial charge in [0.05, 0.1) is 12.3 Å². The van der Waals surface area contributed by atoms with E-state index in [9.17, 15) is 4.79 Å². The van der Waals surface area contributed by atoms with Gasteiger partial charge in [-0.15, -0.1) is 28.0 Å². The van der Waals surface area contributed by atoms with Gasteiger partial charge in [-0.1, -0.05) is 23.7 Å². The number of hydrogen-bond acceptors (Lipinski definition) is 5. The summed E-state index contributed by atoms with van der Waals surface area (Å²) in [4.78, 5) is 12.8. The SMILES string of the molecule is C#CCNC(=O)CSc1nncn1CCc1cccs1. The van der Waals surface area contributed by atoms with E-state index in [1.165, 1.54) is 16.6 Å². The molecule has 104 valence electrons. The molecule has 0 atom stereocenters. The molecule has 0 spiro atoms. The lowest BCUT2D eigenvalue weighted by atomic mass is 10.3. The maximum atomic E-state index is 11.5. The Kier molecular flexibility index (Phi) is 5.65. The van der Waals surface area contributed by atoms with E-state index in [4.69, 9.17) is 6.42 Å². The van der Waals surface area contributed by atoms with Crippen LogP contribution in [0.5, 0.6) is 0 Å². The number of aryl methyl sites for hydroxylation is 2. The van der Waals surface area contributed by atoms with Crippen LogP contribution in [0, 0.1) is 12.3 Å². The molecule has 1 amide bonds. The zero-order chi connectivity index (χ0) is 14.2. The molecule has 0 aromatic carbocycles. The zero-order valence-corrected chi connectivity index (χ0v) is 12.4. The van der Waals surface area contributed by atoms with Crippen molar-refractivity contribution in [3.05, 3.63) is 28.7 Å². The number of thiophene rings is 1. The number of rotatable bonds is 7. The first-order valence-corrected chi connectivity index (χ1v) is 7.89. The molecule has 0 saturated heterocycles. The Morgan fingerprint density at radius 3 is 3.25 bits per heavy atom. The number of terminal acetylenes is 1. The summed E-state index contributed by atoms with van der Waals surface area (Å²) in [6, 6.07) is 4.15. The van der Waals surface area contributed by atoms with Crippen LogP contribution in [0.25, 0.3) is 0 Å². The van der Waals surface area contributed by atoms with Gasteiger partial charge in [-0.25, -0.2) is 0 Å². The third-order valence-electron chi connectivity index (χ3n) is 2.48. The van der Waals surface area contributed by atoms with E-state index < -0.39 is 0 Å². The van der Waals surface area contributed by atoms with Crippen LogP contribution < -0.4 is 5.32 Å². The van der Waals surface area contributed by atoms with Crippen molar-refractivity contribution in [2.75, 3.05) is 12.3 Å². The molecule has 2 rings (SSSR count). The summed E-state index contributed by atoms with van der Waals surface area (Å²) in [7, 11) is 0. The average molecular weight is 306 g/mol. The van der Waals surface area contributed by atoms with E-state index in [1.807, 2.05) is 10.6 Å². The van der Waals surface area contributed by atoms with Gasteiger partial charge >= 0.3 is 0 Å².